The number of carbonyl (C=O) groups is 1. The summed E-state index contributed by atoms with van der Waals surface area (Å²) in [5.74, 6) is -0.472. The first-order chi connectivity index (χ1) is 15.8. The van der Waals surface area contributed by atoms with Crippen molar-refractivity contribution in [2.24, 2.45) is 0 Å². The van der Waals surface area contributed by atoms with Gasteiger partial charge in [0.15, 0.2) is 5.82 Å². The standard InChI is InChI=1S/C23H22Cl2FN5O2/c1-13(19-16(24)6-7-17(26)20(19)25)33-22-21(27)29-12-18(30-22)14-2-4-15(5-3-14)23(32)31-10-8-28-9-11-31/h2-7,12-13,28H,8-11H2,1H3,(H2,27,29)/t13-/m1/s1. The van der Waals surface area contributed by atoms with E-state index in [9.17, 15) is 9.18 Å². The number of halogens is 3. The van der Waals surface area contributed by atoms with Crippen molar-refractivity contribution < 1.29 is 13.9 Å². The van der Waals surface area contributed by atoms with Crippen LogP contribution in [-0.4, -0.2) is 47.0 Å². The number of rotatable bonds is 5. The molecule has 1 aliphatic heterocycles. The number of nitrogens with zero attached hydrogens (tertiary/aromatic N) is 3. The average molecular weight is 490 g/mol. The smallest absolute Gasteiger partial charge is 0.258 e. The minimum Gasteiger partial charge on any atom is -0.467 e. The Bertz CT molecular complexity index is 1170. The molecule has 0 unspecified atom stereocenters. The summed E-state index contributed by atoms with van der Waals surface area (Å²) in [6.45, 7) is 4.61. The Hall–Kier alpha value is -2.94. The zero-order valence-corrected chi connectivity index (χ0v) is 19.3. The van der Waals surface area contributed by atoms with E-state index in [0.717, 1.165) is 18.7 Å². The van der Waals surface area contributed by atoms with Gasteiger partial charge in [-0.05, 0) is 31.2 Å². The molecule has 1 aromatic heterocycles. The quantitative estimate of drug-likeness (QED) is 0.517. The Morgan fingerprint density at radius 3 is 2.58 bits per heavy atom. The largest absolute Gasteiger partial charge is 0.467 e. The summed E-state index contributed by atoms with van der Waals surface area (Å²) in [6.07, 6.45) is 0.786. The topological polar surface area (TPSA) is 93.4 Å². The molecule has 2 heterocycles. The molecule has 0 bridgehead atoms. The number of benzene rings is 2. The van der Waals surface area contributed by atoms with Gasteiger partial charge in [-0.1, -0.05) is 35.3 Å². The van der Waals surface area contributed by atoms with Crippen LogP contribution in [0, 0.1) is 5.82 Å². The Balaban J connectivity index is 1.55. The second kappa shape index (κ2) is 9.91. The fraction of sp³-hybridized carbons (Fsp3) is 0.261. The third kappa shape index (κ3) is 5.03. The van der Waals surface area contributed by atoms with Crippen LogP contribution in [0.1, 0.15) is 28.9 Å². The van der Waals surface area contributed by atoms with E-state index in [-0.39, 0.29) is 27.7 Å². The van der Waals surface area contributed by atoms with E-state index in [1.54, 1.807) is 31.2 Å². The van der Waals surface area contributed by atoms with E-state index in [1.165, 1.54) is 18.3 Å². The molecular weight excluding hydrogens is 468 g/mol. The molecule has 10 heteroatoms. The van der Waals surface area contributed by atoms with Gasteiger partial charge in [0.2, 0.25) is 0 Å². The van der Waals surface area contributed by atoms with Crippen molar-refractivity contribution in [1.29, 1.82) is 0 Å². The molecular formula is C23H22Cl2FN5O2. The monoisotopic (exact) mass is 489 g/mol. The van der Waals surface area contributed by atoms with Crippen molar-refractivity contribution >= 4 is 34.9 Å². The predicted molar refractivity (Wildman–Crippen MR) is 126 cm³/mol. The molecule has 0 radical (unpaired) electrons. The number of anilines is 1. The summed E-state index contributed by atoms with van der Waals surface area (Å²) in [4.78, 5) is 23.1. The SMILES string of the molecule is C[C@@H](Oc1nc(-c2ccc(C(=O)N3CCNCC3)cc2)cnc1N)c1c(Cl)ccc(F)c1Cl. The van der Waals surface area contributed by atoms with Gasteiger partial charge in [-0.15, -0.1) is 0 Å². The Morgan fingerprint density at radius 2 is 1.88 bits per heavy atom. The summed E-state index contributed by atoms with van der Waals surface area (Å²) in [7, 11) is 0. The lowest BCUT2D eigenvalue weighted by Crippen LogP contribution is -2.46. The van der Waals surface area contributed by atoms with Crippen molar-refractivity contribution in [3.8, 4) is 17.1 Å². The van der Waals surface area contributed by atoms with Crippen LogP contribution in [0.3, 0.4) is 0 Å². The number of nitrogens with two attached hydrogens (primary N) is 1. The number of aromatic nitrogens is 2. The molecule has 172 valence electrons. The fourth-order valence-corrected chi connectivity index (χ4v) is 4.26. The van der Waals surface area contributed by atoms with Gasteiger partial charge >= 0.3 is 0 Å². The van der Waals surface area contributed by atoms with Crippen LogP contribution in [0.4, 0.5) is 10.2 Å². The molecule has 4 rings (SSSR count). The van der Waals surface area contributed by atoms with Gasteiger partial charge in [-0.2, -0.15) is 0 Å². The highest BCUT2D eigenvalue weighted by atomic mass is 35.5. The van der Waals surface area contributed by atoms with Crippen molar-refractivity contribution in [1.82, 2.24) is 20.2 Å². The molecule has 0 aliphatic carbocycles. The molecule has 1 amide bonds. The van der Waals surface area contributed by atoms with Gasteiger partial charge in [0.25, 0.3) is 11.8 Å². The van der Waals surface area contributed by atoms with Gasteiger partial charge in [-0.3, -0.25) is 4.79 Å². The van der Waals surface area contributed by atoms with Crippen LogP contribution in [0.25, 0.3) is 11.3 Å². The first-order valence-electron chi connectivity index (χ1n) is 10.4. The summed E-state index contributed by atoms with van der Waals surface area (Å²) in [6, 6.07) is 9.70. The first-order valence-corrected chi connectivity index (χ1v) is 11.1. The van der Waals surface area contributed by atoms with Crippen LogP contribution in [0.5, 0.6) is 5.88 Å². The number of piperazine rings is 1. The molecule has 0 saturated carbocycles. The number of nitrogens with one attached hydrogen (secondary N) is 1. The van der Waals surface area contributed by atoms with Crippen LogP contribution >= 0.6 is 23.2 Å². The Kier molecular flexibility index (Phi) is 6.97. The molecule has 3 N–H and O–H groups in total. The zero-order valence-electron chi connectivity index (χ0n) is 17.8. The van der Waals surface area contributed by atoms with E-state index < -0.39 is 11.9 Å². The highest BCUT2D eigenvalue weighted by Gasteiger charge is 2.21. The lowest BCUT2D eigenvalue weighted by Gasteiger charge is -2.27. The normalized spacial score (nSPS) is 14.7. The highest BCUT2D eigenvalue weighted by Crippen LogP contribution is 2.35. The summed E-state index contributed by atoms with van der Waals surface area (Å²) >= 11 is 12.3. The van der Waals surface area contributed by atoms with Crippen LogP contribution in [0.15, 0.2) is 42.6 Å². The van der Waals surface area contributed by atoms with Gasteiger partial charge in [-0.25, -0.2) is 14.4 Å². The summed E-state index contributed by atoms with van der Waals surface area (Å²) < 4.78 is 19.8. The minimum atomic E-state index is -0.730. The van der Waals surface area contributed by atoms with E-state index in [4.69, 9.17) is 33.7 Å². The molecule has 33 heavy (non-hydrogen) atoms. The molecule has 2 aromatic carbocycles. The maximum absolute atomic E-state index is 13.9. The minimum absolute atomic E-state index is 0.00635. The van der Waals surface area contributed by atoms with E-state index in [1.807, 2.05) is 4.90 Å². The second-order valence-corrected chi connectivity index (χ2v) is 8.37. The molecule has 1 atom stereocenters. The Labute approximate surface area is 200 Å². The van der Waals surface area contributed by atoms with E-state index in [2.05, 4.69) is 15.3 Å². The molecule has 1 saturated heterocycles. The highest BCUT2D eigenvalue weighted by molar-refractivity contribution is 6.36. The van der Waals surface area contributed by atoms with Gasteiger partial charge < -0.3 is 20.7 Å². The zero-order chi connectivity index (χ0) is 23.5. The number of hydrogen-bond acceptors (Lipinski definition) is 6. The number of hydrogen-bond donors (Lipinski definition) is 2. The lowest BCUT2D eigenvalue weighted by atomic mass is 10.1. The van der Waals surface area contributed by atoms with Crippen molar-refractivity contribution in [3.05, 3.63) is 69.6 Å². The van der Waals surface area contributed by atoms with Crippen molar-refractivity contribution in [2.75, 3.05) is 31.9 Å². The lowest BCUT2D eigenvalue weighted by molar-refractivity contribution is 0.0736. The second-order valence-electron chi connectivity index (χ2n) is 7.58. The van der Waals surface area contributed by atoms with Crippen LogP contribution < -0.4 is 15.8 Å². The van der Waals surface area contributed by atoms with E-state index in [0.29, 0.717) is 29.9 Å². The average Bonchev–Trinajstić information content (AvgIpc) is 2.83. The number of amides is 1. The molecule has 7 nitrogen and oxygen atoms in total. The van der Waals surface area contributed by atoms with Crippen molar-refractivity contribution in [3.63, 3.8) is 0 Å². The maximum Gasteiger partial charge on any atom is 0.258 e. The van der Waals surface area contributed by atoms with Gasteiger partial charge in [0, 0.05) is 47.9 Å². The molecule has 1 fully saturated rings. The molecule has 1 aliphatic rings. The maximum atomic E-state index is 13.9. The third-order valence-corrected chi connectivity index (χ3v) is 6.09. The first kappa shape index (κ1) is 23.2. The Morgan fingerprint density at radius 1 is 1.18 bits per heavy atom. The van der Waals surface area contributed by atoms with Gasteiger partial charge in [0.05, 0.1) is 16.9 Å². The summed E-state index contributed by atoms with van der Waals surface area (Å²) in [5, 5.41) is 3.37. The molecule has 3 aromatic rings. The van der Waals surface area contributed by atoms with E-state index >= 15 is 0 Å². The number of nitrogen functional groups attached to an aromatic ring is 1. The number of ether oxygens (including phenoxy) is 1. The van der Waals surface area contributed by atoms with Gasteiger partial charge in [0.1, 0.15) is 11.9 Å². The number of carbonyl (C=O) groups excluding carboxylic acids is 1. The van der Waals surface area contributed by atoms with Crippen LogP contribution in [0.2, 0.25) is 10.0 Å². The third-order valence-electron chi connectivity index (χ3n) is 5.37. The fourth-order valence-electron chi connectivity index (χ4n) is 3.58. The molecule has 0 spiro atoms. The summed E-state index contributed by atoms with van der Waals surface area (Å²) in [5.41, 5.74) is 8.08. The predicted octanol–water partition coefficient (Wildman–Crippen LogP) is 4.36. The van der Waals surface area contributed by atoms with Crippen LogP contribution in [-0.2, 0) is 0 Å². The van der Waals surface area contributed by atoms with Crippen molar-refractivity contribution in [2.45, 2.75) is 13.0 Å².